The summed E-state index contributed by atoms with van der Waals surface area (Å²) in [6.45, 7) is 4.07. The second-order valence-corrected chi connectivity index (χ2v) is 5.72. The number of hydrogen-bond acceptors (Lipinski definition) is 3. The molecule has 0 unspecified atom stereocenters. The molecular weight excluding hydrogens is 292 g/mol. The van der Waals surface area contributed by atoms with E-state index < -0.39 is 0 Å². The summed E-state index contributed by atoms with van der Waals surface area (Å²) in [4.78, 5) is 24.0. The summed E-state index contributed by atoms with van der Waals surface area (Å²) in [5.74, 6) is 0.227. The summed E-state index contributed by atoms with van der Waals surface area (Å²) in [6, 6.07) is 12.8. The van der Waals surface area contributed by atoms with Crippen molar-refractivity contribution in [3.8, 4) is 5.75 Å². The molecule has 118 valence electrons. The van der Waals surface area contributed by atoms with Gasteiger partial charge >= 0.3 is 0 Å². The van der Waals surface area contributed by atoms with E-state index in [0.29, 0.717) is 22.9 Å². The fourth-order valence-corrected chi connectivity index (χ4v) is 2.60. The molecule has 1 aliphatic rings. The van der Waals surface area contributed by atoms with Crippen LogP contribution in [0.4, 0.5) is 11.4 Å². The van der Waals surface area contributed by atoms with Crippen LogP contribution in [0.5, 0.6) is 5.75 Å². The monoisotopic (exact) mass is 310 g/mol. The van der Waals surface area contributed by atoms with Crippen molar-refractivity contribution in [2.24, 2.45) is 0 Å². The van der Waals surface area contributed by atoms with Crippen molar-refractivity contribution in [3.63, 3.8) is 0 Å². The van der Waals surface area contributed by atoms with Gasteiger partial charge in [0.1, 0.15) is 0 Å². The molecule has 5 heteroatoms. The largest absolute Gasteiger partial charge is 0.481 e. The minimum Gasteiger partial charge on any atom is -0.481 e. The van der Waals surface area contributed by atoms with Gasteiger partial charge in [0, 0.05) is 5.69 Å². The zero-order valence-corrected chi connectivity index (χ0v) is 13.1. The summed E-state index contributed by atoms with van der Waals surface area (Å²) >= 11 is 0. The predicted octanol–water partition coefficient (Wildman–Crippen LogP) is 3.39. The molecule has 5 nitrogen and oxygen atoms in total. The molecule has 0 radical (unpaired) electrons. The van der Waals surface area contributed by atoms with Crippen molar-refractivity contribution in [1.82, 2.24) is 0 Å². The molecule has 3 rings (SSSR count). The molecule has 0 bridgehead atoms. The van der Waals surface area contributed by atoms with E-state index in [0.717, 1.165) is 11.3 Å². The number of carbonyl (C=O) groups excluding carboxylic acids is 2. The van der Waals surface area contributed by atoms with E-state index in [-0.39, 0.29) is 18.4 Å². The maximum atomic E-state index is 12.6. The number of hydrogen-bond donors (Lipinski definition) is 2. The fraction of sp³-hybridized carbons (Fsp3) is 0.222. The van der Waals surface area contributed by atoms with E-state index in [9.17, 15) is 9.59 Å². The fourth-order valence-electron chi connectivity index (χ4n) is 2.60. The molecule has 0 saturated carbocycles. The van der Waals surface area contributed by atoms with Crippen LogP contribution in [0.1, 0.15) is 35.7 Å². The normalized spacial score (nSPS) is 13.1. The maximum absolute atomic E-state index is 12.6. The van der Waals surface area contributed by atoms with Gasteiger partial charge in [-0.05, 0) is 29.7 Å². The Morgan fingerprint density at radius 1 is 1.17 bits per heavy atom. The Labute approximate surface area is 134 Å². The third kappa shape index (κ3) is 3.04. The second-order valence-electron chi connectivity index (χ2n) is 5.72. The lowest BCUT2D eigenvalue weighted by atomic mass is 10.0. The smallest absolute Gasteiger partial charge is 0.262 e. The lowest BCUT2D eigenvalue weighted by molar-refractivity contribution is -0.118. The molecule has 0 saturated heterocycles. The second kappa shape index (κ2) is 6.12. The topological polar surface area (TPSA) is 67.4 Å². The Kier molecular flexibility index (Phi) is 4.02. The van der Waals surface area contributed by atoms with Crippen molar-refractivity contribution < 1.29 is 14.3 Å². The van der Waals surface area contributed by atoms with Crippen LogP contribution in [0.25, 0.3) is 0 Å². The van der Waals surface area contributed by atoms with Crippen LogP contribution in [0.2, 0.25) is 0 Å². The predicted molar refractivity (Wildman–Crippen MR) is 89.1 cm³/mol. The third-order valence-electron chi connectivity index (χ3n) is 3.71. The quantitative estimate of drug-likeness (QED) is 0.913. The van der Waals surface area contributed by atoms with Crippen LogP contribution in [0.15, 0.2) is 42.5 Å². The lowest BCUT2D eigenvalue weighted by Crippen LogP contribution is -2.27. The summed E-state index contributed by atoms with van der Waals surface area (Å²) in [5, 5.41) is 5.64. The molecule has 2 amide bonds. The van der Waals surface area contributed by atoms with E-state index >= 15 is 0 Å². The van der Waals surface area contributed by atoms with Gasteiger partial charge in [-0.2, -0.15) is 0 Å². The van der Waals surface area contributed by atoms with Crippen LogP contribution in [0.3, 0.4) is 0 Å². The standard InChI is InChI=1S/C18H18N2O3/c1-11(2)12-6-3-4-8-14(12)20-18(22)13-7-5-9-15-17(13)23-10-16(21)19-15/h3-9,11H,10H2,1-2H3,(H,19,21)(H,20,22). The molecule has 0 aromatic heterocycles. The van der Waals surface area contributed by atoms with Crippen LogP contribution in [-0.2, 0) is 4.79 Å². The molecule has 0 fully saturated rings. The van der Waals surface area contributed by atoms with Crippen LogP contribution >= 0.6 is 0 Å². The van der Waals surface area contributed by atoms with Crippen LogP contribution < -0.4 is 15.4 Å². The lowest BCUT2D eigenvalue weighted by Gasteiger charge is -2.21. The van der Waals surface area contributed by atoms with Gasteiger partial charge in [0.25, 0.3) is 11.8 Å². The number of para-hydroxylation sites is 2. The molecular formula is C18H18N2O3. The van der Waals surface area contributed by atoms with Crippen LogP contribution in [0, 0.1) is 0 Å². The highest BCUT2D eigenvalue weighted by molar-refractivity contribution is 6.09. The number of rotatable bonds is 3. The van der Waals surface area contributed by atoms with Gasteiger partial charge < -0.3 is 15.4 Å². The average Bonchev–Trinajstić information content (AvgIpc) is 2.54. The van der Waals surface area contributed by atoms with Gasteiger partial charge in [-0.3, -0.25) is 9.59 Å². The Hall–Kier alpha value is -2.82. The first kappa shape index (κ1) is 15.1. The molecule has 1 heterocycles. The molecule has 2 aromatic carbocycles. The molecule has 2 N–H and O–H groups in total. The molecule has 2 aromatic rings. The SMILES string of the molecule is CC(C)c1ccccc1NC(=O)c1cccc2c1OCC(=O)N2. The van der Waals surface area contributed by atoms with Gasteiger partial charge in [0.2, 0.25) is 0 Å². The third-order valence-corrected chi connectivity index (χ3v) is 3.71. The summed E-state index contributed by atoms with van der Waals surface area (Å²) in [6.07, 6.45) is 0. The summed E-state index contributed by atoms with van der Waals surface area (Å²) in [5.41, 5.74) is 2.77. The van der Waals surface area contributed by atoms with E-state index in [1.165, 1.54) is 0 Å². The number of ether oxygens (including phenoxy) is 1. The number of benzene rings is 2. The first-order chi connectivity index (χ1) is 11.1. The van der Waals surface area contributed by atoms with E-state index in [1.54, 1.807) is 18.2 Å². The van der Waals surface area contributed by atoms with E-state index in [1.807, 2.05) is 24.3 Å². The van der Waals surface area contributed by atoms with Crippen LogP contribution in [-0.4, -0.2) is 18.4 Å². The number of nitrogens with one attached hydrogen (secondary N) is 2. The first-order valence-electron chi connectivity index (χ1n) is 7.52. The first-order valence-corrected chi connectivity index (χ1v) is 7.52. The molecule has 23 heavy (non-hydrogen) atoms. The van der Waals surface area contributed by atoms with Crippen molar-refractivity contribution in [3.05, 3.63) is 53.6 Å². The number of carbonyl (C=O) groups is 2. The van der Waals surface area contributed by atoms with Gasteiger partial charge in [0.15, 0.2) is 12.4 Å². The number of amides is 2. The maximum Gasteiger partial charge on any atom is 0.262 e. The zero-order valence-electron chi connectivity index (χ0n) is 13.1. The highest BCUT2D eigenvalue weighted by atomic mass is 16.5. The average molecular weight is 310 g/mol. The Bertz CT molecular complexity index is 769. The van der Waals surface area contributed by atoms with Gasteiger partial charge in [-0.15, -0.1) is 0 Å². The number of anilines is 2. The van der Waals surface area contributed by atoms with Crippen molar-refractivity contribution in [2.45, 2.75) is 19.8 Å². The Morgan fingerprint density at radius 2 is 1.96 bits per heavy atom. The molecule has 0 atom stereocenters. The van der Waals surface area contributed by atoms with Gasteiger partial charge in [-0.1, -0.05) is 38.1 Å². The molecule has 0 aliphatic carbocycles. The van der Waals surface area contributed by atoms with Crippen molar-refractivity contribution >= 4 is 23.2 Å². The molecule has 1 aliphatic heterocycles. The van der Waals surface area contributed by atoms with Gasteiger partial charge in [-0.25, -0.2) is 0 Å². The van der Waals surface area contributed by atoms with E-state index in [2.05, 4.69) is 24.5 Å². The Morgan fingerprint density at radius 3 is 2.74 bits per heavy atom. The van der Waals surface area contributed by atoms with Crippen molar-refractivity contribution in [1.29, 1.82) is 0 Å². The Balaban J connectivity index is 1.91. The molecule has 0 spiro atoms. The highest BCUT2D eigenvalue weighted by Gasteiger charge is 2.22. The van der Waals surface area contributed by atoms with Gasteiger partial charge in [0.05, 0.1) is 11.3 Å². The highest BCUT2D eigenvalue weighted by Crippen LogP contribution is 2.32. The summed E-state index contributed by atoms with van der Waals surface area (Å²) < 4.78 is 5.43. The number of fused-ring (bicyclic) bond motifs is 1. The van der Waals surface area contributed by atoms with E-state index in [4.69, 9.17) is 4.74 Å². The van der Waals surface area contributed by atoms with Crippen molar-refractivity contribution in [2.75, 3.05) is 17.2 Å². The summed E-state index contributed by atoms with van der Waals surface area (Å²) in [7, 11) is 0. The minimum absolute atomic E-state index is 0.0835. The minimum atomic E-state index is -0.258. The zero-order chi connectivity index (χ0) is 16.4.